The topological polar surface area (TPSA) is 55.0 Å². The average Bonchev–Trinajstić information content (AvgIpc) is 2.34. The van der Waals surface area contributed by atoms with Gasteiger partial charge in [0.25, 0.3) is 5.56 Å². The van der Waals surface area contributed by atoms with E-state index in [0.29, 0.717) is 0 Å². The van der Waals surface area contributed by atoms with E-state index >= 15 is 0 Å². The molecule has 0 unspecified atom stereocenters. The highest BCUT2D eigenvalue weighted by molar-refractivity contribution is 6.31. The van der Waals surface area contributed by atoms with Crippen molar-refractivity contribution in [3.63, 3.8) is 0 Å². The first-order valence-electron chi connectivity index (χ1n) is 5.01. The molecule has 18 heavy (non-hydrogen) atoms. The van der Waals surface area contributed by atoms with Gasteiger partial charge in [0.05, 0.1) is 18.9 Å². The number of halogens is 2. The highest BCUT2D eigenvalue weighted by atomic mass is 35.5. The third kappa shape index (κ3) is 3.30. The smallest absolute Gasteiger partial charge is 0.293 e. The zero-order valence-electron chi connectivity index (χ0n) is 9.96. The zero-order valence-corrected chi connectivity index (χ0v) is 10.7. The Labute approximate surface area is 108 Å². The third-order valence-electron chi connectivity index (χ3n) is 2.05. The second-order valence-corrected chi connectivity index (χ2v) is 3.76. The van der Waals surface area contributed by atoms with Gasteiger partial charge in [-0.25, -0.2) is 9.37 Å². The molecule has 0 saturated carbocycles. The molecule has 0 spiro atoms. The summed E-state index contributed by atoms with van der Waals surface area (Å²) >= 11 is 5.61. The SMILES string of the molecule is C=C(Cl)/C=C(\C(F)=C/C)c1ncc(OC)c(=O)[nH]1. The maximum absolute atomic E-state index is 13.7. The van der Waals surface area contributed by atoms with E-state index in [9.17, 15) is 9.18 Å². The van der Waals surface area contributed by atoms with E-state index in [4.69, 9.17) is 16.3 Å². The van der Waals surface area contributed by atoms with Crippen LogP contribution in [0.3, 0.4) is 0 Å². The van der Waals surface area contributed by atoms with E-state index in [1.54, 1.807) is 0 Å². The summed E-state index contributed by atoms with van der Waals surface area (Å²) < 4.78 is 18.4. The Morgan fingerprint density at radius 2 is 2.33 bits per heavy atom. The first-order chi connectivity index (χ1) is 8.49. The van der Waals surface area contributed by atoms with Gasteiger partial charge in [-0.1, -0.05) is 24.3 Å². The molecular formula is C12H12ClFN2O2. The fraction of sp³-hybridized carbons (Fsp3) is 0.167. The molecule has 0 aliphatic rings. The molecule has 1 aromatic rings. The van der Waals surface area contributed by atoms with Crippen LogP contribution in [0.5, 0.6) is 5.75 Å². The molecule has 0 amide bonds. The summed E-state index contributed by atoms with van der Waals surface area (Å²) in [6.45, 7) is 4.96. The second-order valence-electron chi connectivity index (χ2n) is 3.27. The highest BCUT2D eigenvalue weighted by Gasteiger charge is 2.11. The predicted octanol–water partition coefficient (Wildman–Crippen LogP) is 2.79. The zero-order chi connectivity index (χ0) is 13.7. The number of rotatable bonds is 4. The third-order valence-corrected chi connectivity index (χ3v) is 2.16. The minimum atomic E-state index is -0.565. The lowest BCUT2D eigenvalue weighted by Gasteiger charge is -2.05. The first kappa shape index (κ1) is 14.2. The summed E-state index contributed by atoms with van der Waals surface area (Å²) in [6, 6.07) is 0. The van der Waals surface area contributed by atoms with Crippen LogP contribution < -0.4 is 10.3 Å². The monoisotopic (exact) mass is 270 g/mol. The molecule has 0 aromatic carbocycles. The second kappa shape index (κ2) is 6.16. The van der Waals surface area contributed by atoms with E-state index in [0.717, 1.165) is 0 Å². The molecule has 0 aliphatic carbocycles. The van der Waals surface area contributed by atoms with Gasteiger partial charge in [0.15, 0.2) is 0 Å². The van der Waals surface area contributed by atoms with E-state index < -0.39 is 11.4 Å². The Bertz CT molecular complexity index is 576. The number of hydrogen-bond acceptors (Lipinski definition) is 3. The number of nitrogens with zero attached hydrogens (tertiary/aromatic N) is 1. The van der Waals surface area contributed by atoms with E-state index in [-0.39, 0.29) is 22.2 Å². The fourth-order valence-corrected chi connectivity index (χ4v) is 1.34. The number of nitrogens with one attached hydrogen (secondary N) is 1. The summed E-state index contributed by atoms with van der Waals surface area (Å²) in [5.41, 5.74) is -0.449. The summed E-state index contributed by atoms with van der Waals surface area (Å²) in [5, 5.41) is 0.125. The Hall–Kier alpha value is -1.88. The summed E-state index contributed by atoms with van der Waals surface area (Å²) in [4.78, 5) is 17.8. The van der Waals surface area contributed by atoms with Crippen LogP contribution in [-0.4, -0.2) is 17.1 Å². The Morgan fingerprint density at radius 1 is 1.67 bits per heavy atom. The van der Waals surface area contributed by atoms with Crippen LogP contribution in [0, 0.1) is 0 Å². The van der Waals surface area contributed by atoms with Crippen LogP contribution in [0.1, 0.15) is 12.7 Å². The molecular weight excluding hydrogens is 259 g/mol. The van der Waals surface area contributed by atoms with Crippen molar-refractivity contribution in [3.05, 3.63) is 52.0 Å². The Morgan fingerprint density at radius 3 is 2.78 bits per heavy atom. The van der Waals surface area contributed by atoms with Crippen LogP contribution in [-0.2, 0) is 0 Å². The van der Waals surface area contributed by atoms with Crippen LogP contribution in [0.4, 0.5) is 4.39 Å². The molecule has 0 aliphatic heterocycles. The molecule has 0 bridgehead atoms. The minimum Gasteiger partial charge on any atom is -0.490 e. The molecule has 1 aromatic heterocycles. The number of H-pyrrole nitrogens is 1. The highest BCUT2D eigenvalue weighted by Crippen LogP contribution is 2.23. The van der Waals surface area contributed by atoms with Gasteiger partial charge in [0.1, 0.15) is 11.7 Å². The molecule has 1 N–H and O–H groups in total. The van der Waals surface area contributed by atoms with Crippen molar-refractivity contribution >= 4 is 17.2 Å². The number of ether oxygens (including phenoxy) is 1. The normalized spacial score (nSPS) is 12.4. The Balaban J connectivity index is 3.36. The van der Waals surface area contributed by atoms with E-state index in [1.165, 1.54) is 32.4 Å². The maximum atomic E-state index is 13.7. The van der Waals surface area contributed by atoms with Crippen LogP contribution in [0.25, 0.3) is 5.57 Å². The lowest BCUT2D eigenvalue weighted by molar-refractivity contribution is 0.405. The van der Waals surface area contributed by atoms with Crippen LogP contribution in [0.15, 0.2) is 40.6 Å². The lowest BCUT2D eigenvalue weighted by atomic mass is 10.2. The Kier molecular flexibility index (Phi) is 4.85. The first-order valence-corrected chi connectivity index (χ1v) is 5.39. The maximum Gasteiger partial charge on any atom is 0.293 e. The molecule has 0 radical (unpaired) electrons. The quantitative estimate of drug-likeness (QED) is 0.856. The van der Waals surface area contributed by atoms with Crippen molar-refractivity contribution in [2.24, 2.45) is 0 Å². The van der Waals surface area contributed by atoms with Gasteiger partial charge >= 0.3 is 0 Å². The van der Waals surface area contributed by atoms with Crippen molar-refractivity contribution in [2.75, 3.05) is 7.11 Å². The van der Waals surface area contributed by atoms with Crippen molar-refractivity contribution < 1.29 is 9.13 Å². The molecule has 0 saturated heterocycles. The number of hydrogen-bond donors (Lipinski definition) is 1. The number of aromatic nitrogens is 2. The van der Waals surface area contributed by atoms with Crippen molar-refractivity contribution in [1.29, 1.82) is 0 Å². The fourth-order valence-electron chi connectivity index (χ4n) is 1.23. The predicted molar refractivity (Wildman–Crippen MR) is 69.2 cm³/mol. The van der Waals surface area contributed by atoms with Gasteiger partial charge in [-0.05, 0) is 13.0 Å². The number of methoxy groups -OCH3 is 1. The summed E-state index contributed by atoms with van der Waals surface area (Å²) in [6.07, 6.45) is 3.72. The number of aromatic amines is 1. The van der Waals surface area contributed by atoms with Gasteiger partial charge in [-0.15, -0.1) is 0 Å². The van der Waals surface area contributed by atoms with Gasteiger partial charge in [-0.2, -0.15) is 0 Å². The van der Waals surface area contributed by atoms with Crippen molar-refractivity contribution in [1.82, 2.24) is 9.97 Å². The molecule has 0 fully saturated rings. The minimum absolute atomic E-state index is 0.0451. The molecule has 1 heterocycles. The standard InChI is InChI=1S/C12H12ClFN2O2/c1-4-9(14)8(5-7(2)13)11-15-6-10(18-3)12(17)16-11/h4-6H,2H2,1,3H3,(H,15,16,17)/b8-5+,9-4+. The van der Waals surface area contributed by atoms with Crippen molar-refractivity contribution in [3.8, 4) is 5.75 Å². The molecule has 96 valence electrons. The largest absolute Gasteiger partial charge is 0.490 e. The van der Waals surface area contributed by atoms with E-state index in [2.05, 4.69) is 16.5 Å². The van der Waals surface area contributed by atoms with Gasteiger partial charge < -0.3 is 9.72 Å². The average molecular weight is 271 g/mol. The number of allylic oxidation sites excluding steroid dienone is 5. The lowest BCUT2D eigenvalue weighted by Crippen LogP contribution is -2.13. The molecule has 1 rings (SSSR count). The van der Waals surface area contributed by atoms with E-state index in [1.807, 2.05) is 0 Å². The summed E-state index contributed by atoms with van der Waals surface area (Å²) in [5.74, 6) is -0.466. The van der Waals surface area contributed by atoms with Crippen LogP contribution in [0.2, 0.25) is 0 Å². The molecule has 6 heteroatoms. The van der Waals surface area contributed by atoms with Gasteiger partial charge in [0, 0.05) is 5.03 Å². The molecule has 0 atom stereocenters. The van der Waals surface area contributed by atoms with Gasteiger partial charge in [-0.3, -0.25) is 4.79 Å². The van der Waals surface area contributed by atoms with Gasteiger partial charge in [0.2, 0.25) is 5.75 Å². The summed E-state index contributed by atoms with van der Waals surface area (Å²) in [7, 11) is 1.34. The van der Waals surface area contributed by atoms with Crippen LogP contribution >= 0.6 is 11.6 Å². The molecule has 4 nitrogen and oxygen atoms in total. The van der Waals surface area contributed by atoms with Crippen molar-refractivity contribution in [2.45, 2.75) is 6.92 Å².